The normalized spacial score (nSPS) is 10.8. The summed E-state index contributed by atoms with van der Waals surface area (Å²) in [6.45, 7) is 2.68. The summed E-state index contributed by atoms with van der Waals surface area (Å²) in [7, 11) is 0. The van der Waals surface area contributed by atoms with Crippen LogP contribution in [0.2, 0.25) is 0 Å². The smallest absolute Gasteiger partial charge is 0.122 e. The fourth-order valence-electron chi connectivity index (χ4n) is 2.07. The third kappa shape index (κ3) is 2.67. The van der Waals surface area contributed by atoms with Crippen LogP contribution in [0.25, 0.3) is 10.1 Å². The number of halogens is 1. The van der Waals surface area contributed by atoms with E-state index in [-0.39, 0.29) is 0 Å². The molecule has 0 saturated heterocycles. The first-order valence-electron chi connectivity index (χ1n) is 6.08. The van der Waals surface area contributed by atoms with Crippen LogP contribution >= 0.6 is 27.3 Å². The minimum atomic E-state index is 0.618. The Kier molecular flexibility index (Phi) is 3.58. The molecule has 0 fully saturated rings. The van der Waals surface area contributed by atoms with E-state index in [1.165, 1.54) is 15.6 Å². The molecular weight excluding hydrogens is 320 g/mol. The molecule has 19 heavy (non-hydrogen) atoms. The molecule has 2 aromatic carbocycles. The summed E-state index contributed by atoms with van der Waals surface area (Å²) >= 11 is 5.23. The van der Waals surface area contributed by atoms with Crippen LogP contribution < -0.4 is 4.74 Å². The van der Waals surface area contributed by atoms with Gasteiger partial charge in [0.25, 0.3) is 0 Å². The Labute approximate surface area is 125 Å². The molecule has 0 radical (unpaired) electrons. The van der Waals surface area contributed by atoms with Crippen molar-refractivity contribution in [1.82, 2.24) is 0 Å². The summed E-state index contributed by atoms with van der Waals surface area (Å²) in [4.78, 5) is 0. The number of ether oxygens (including phenoxy) is 1. The van der Waals surface area contributed by atoms with Crippen LogP contribution in [0, 0.1) is 6.92 Å². The molecule has 0 spiro atoms. The molecule has 1 heterocycles. The second kappa shape index (κ2) is 5.35. The molecule has 1 aromatic heterocycles. The van der Waals surface area contributed by atoms with Crippen LogP contribution in [-0.4, -0.2) is 0 Å². The Balaban J connectivity index is 1.82. The SMILES string of the molecule is Cc1cc(Br)ccc1OCc1csc2ccccc12. The topological polar surface area (TPSA) is 9.23 Å². The van der Waals surface area contributed by atoms with E-state index in [0.29, 0.717) is 6.61 Å². The Morgan fingerprint density at radius 1 is 1.16 bits per heavy atom. The molecule has 0 N–H and O–H groups in total. The van der Waals surface area contributed by atoms with E-state index in [1.807, 2.05) is 12.1 Å². The molecule has 0 atom stereocenters. The first-order chi connectivity index (χ1) is 9.24. The van der Waals surface area contributed by atoms with E-state index in [9.17, 15) is 0 Å². The number of hydrogen-bond donors (Lipinski definition) is 0. The fraction of sp³-hybridized carbons (Fsp3) is 0.125. The lowest BCUT2D eigenvalue weighted by atomic mass is 10.2. The third-order valence-electron chi connectivity index (χ3n) is 3.08. The van der Waals surface area contributed by atoms with Crippen molar-refractivity contribution in [2.45, 2.75) is 13.5 Å². The minimum Gasteiger partial charge on any atom is -0.489 e. The largest absolute Gasteiger partial charge is 0.489 e. The second-order valence-corrected chi connectivity index (χ2v) is 6.28. The lowest BCUT2D eigenvalue weighted by molar-refractivity contribution is 0.306. The van der Waals surface area contributed by atoms with Crippen LogP contribution in [0.15, 0.2) is 52.3 Å². The highest BCUT2D eigenvalue weighted by molar-refractivity contribution is 9.10. The highest BCUT2D eigenvalue weighted by atomic mass is 79.9. The maximum absolute atomic E-state index is 5.93. The van der Waals surface area contributed by atoms with E-state index >= 15 is 0 Å². The molecule has 1 nitrogen and oxygen atoms in total. The summed E-state index contributed by atoms with van der Waals surface area (Å²) in [6.07, 6.45) is 0. The molecule has 0 aliphatic heterocycles. The first kappa shape index (κ1) is 12.7. The number of fused-ring (bicyclic) bond motifs is 1. The van der Waals surface area contributed by atoms with Gasteiger partial charge in [0.1, 0.15) is 12.4 Å². The molecule has 0 aliphatic rings. The minimum absolute atomic E-state index is 0.618. The molecule has 0 unspecified atom stereocenters. The van der Waals surface area contributed by atoms with Crippen molar-refractivity contribution in [3.05, 3.63) is 63.4 Å². The van der Waals surface area contributed by atoms with Crippen LogP contribution in [-0.2, 0) is 6.61 Å². The molecule has 3 aromatic rings. The van der Waals surface area contributed by atoms with Crippen LogP contribution in [0.1, 0.15) is 11.1 Å². The molecule has 96 valence electrons. The Morgan fingerprint density at radius 3 is 2.84 bits per heavy atom. The lowest BCUT2D eigenvalue weighted by Crippen LogP contribution is -1.96. The Bertz CT molecular complexity index is 718. The molecule has 0 bridgehead atoms. The summed E-state index contributed by atoms with van der Waals surface area (Å²) in [5.41, 5.74) is 2.40. The summed E-state index contributed by atoms with van der Waals surface area (Å²) in [6, 6.07) is 14.5. The van der Waals surface area contributed by atoms with Gasteiger partial charge < -0.3 is 4.74 Å². The van der Waals surface area contributed by atoms with E-state index in [0.717, 1.165) is 15.8 Å². The fourth-order valence-corrected chi connectivity index (χ4v) is 3.50. The van der Waals surface area contributed by atoms with Crippen molar-refractivity contribution >= 4 is 37.4 Å². The van der Waals surface area contributed by atoms with Crippen LogP contribution in [0.5, 0.6) is 5.75 Å². The lowest BCUT2D eigenvalue weighted by Gasteiger charge is -2.09. The van der Waals surface area contributed by atoms with Gasteiger partial charge >= 0.3 is 0 Å². The zero-order valence-corrected chi connectivity index (χ0v) is 12.9. The summed E-state index contributed by atoms with van der Waals surface area (Å²) < 4.78 is 8.33. The van der Waals surface area contributed by atoms with E-state index in [2.05, 4.69) is 58.6 Å². The van der Waals surface area contributed by atoms with Crippen molar-refractivity contribution in [3.8, 4) is 5.75 Å². The molecule has 3 heteroatoms. The molecule has 0 amide bonds. The maximum Gasteiger partial charge on any atom is 0.122 e. The van der Waals surface area contributed by atoms with Crippen molar-refractivity contribution in [2.24, 2.45) is 0 Å². The van der Waals surface area contributed by atoms with Gasteiger partial charge in [-0.3, -0.25) is 0 Å². The van der Waals surface area contributed by atoms with Gasteiger partial charge in [-0.15, -0.1) is 11.3 Å². The predicted octanol–water partition coefficient (Wildman–Crippen LogP) is 5.55. The Morgan fingerprint density at radius 2 is 2.00 bits per heavy atom. The zero-order chi connectivity index (χ0) is 13.2. The van der Waals surface area contributed by atoms with Crippen LogP contribution in [0.3, 0.4) is 0 Å². The number of rotatable bonds is 3. The highest BCUT2D eigenvalue weighted by Crippen LogP contribution is 2.28. The van der Waals surface area contributed by atoms with Crippen molar-refractivity contribution in [3.63, 3.8) is 0 Å². The average Bonchev–Trinajstić information content (AvgIpc) is 2.81. The third-order valence-corrected chi connectivity index (χ3v) is 4.59. The number of thiophene rings is 1. The van der Waals surface area contributed by atoms with Gasteiger partial charge in [-0.05, 0) is 47.5 Å². The molecule has 3 rings (SSSR count). The quantitative estimate of drug-likeness (QED) is 0.610. The molecule has 0 saturated carbocycles. The van der Waals surface area contributed by atoms with Gasteiger partial charge in [0.2, 0.25) is 0 Å². The maximum atomic E-state index is 5.93. The average molecular weight is 333 g/mol. The molecule has 0 aliphatic carbocycles. The van der Waals surface area contributed by atoms with Gasteiger partial charge in [0, 0.05) is 14.7 Å². The zero-order valence-electron chi connectivity index (χ0n) is 10.5. The van der Waals surface area contributed by atoms with Crippen molar-refractivity contribution < 1.29 is 4.74 Å². The van der Waals surface area contributed by atoms with Gasteiger partial charge in [0.15, 0.2) is 0 Å². The van der Waals surface area contributed by atoms with Crippen LogP contribution in [0.4, 0.5) is 0 Å². The van der Waals surface area contributed by atoms with Crippen molar-refractivity contribution in [2.75, 3.05) is 0 Å². The standard InChI is InChI=1S/C16H13BrOS/c1-11-8-13(17)6-7-15(11)18-9-12-10-19-16-5-3-2-4-14(12)16/h2-8,10H,9H2,1H3. The number of benzene rings is 2. The van der Waals surface area contributed by atoms with Gasteiger partial charge in [-0.25, -0.2) is 0 Å². The number of hydrogen-bond acceptors (Lipinski definition) is 2. The molecular formula is C16H13BrOS. The van der Waals surface area contributed by atoms with Gasteiger partial charge in [-0.2, -0.15) is 0 Å². The second-order valence-electron chi connectivity index (χ2n) is 4.46. The van der Waals surface area contributed by atoms with E-state index < -0.39 is 0 Å². The highest BCUT2D eigenvalue weighted by Gasteiger charge is 2.05. The van der Waals surface area contributed by atoms with Gasteiger partial charge in [-0.1, -0.05) is 34.1 Å². The van der Waals surface area contributed by atoms with Gasteiger partial charge in [0.05, 0.1) is 0 Å². The Hall–Kier alpha value is -1.32. The van der Waals surface area contributed by atoms with Crippen molar-refractivity contribution in [1.29, 1.82) is 0 Å². The predicted molar refractivity (Wildman–Crippen MR) is 85.0 cm³/mol. The monoisotopic (exact) mass is 332 g/mol. The van der Waals surface area contributed by atoms with E-state index in [1.54, 1.807) is 11.3 Å². The first-order valence-corrected chi connectivity index (χ1v) is 7.75. The number of aryl methyl sites for hydroxylation is 1. The van der Waals surface area contributed by atoms with E-state index in [4.69, 9.17) is 4.74 Å². The summed E-state index contributed by atoms with van der Waals surface area (Å²) in [5, 5.41) is 3.47. The summed E-state index contributed by atoms with van der Waals surface area (Å²) in [5.74, 6) is 0.943.